The molecule has 0 saturated carbocycles. The van der Waals surface area contributed by atoms with Gasteiger partial charge in [0, 0.05) is 38.4 Å². The van der Waals surface area contributed by atoms with Crippen LogP contribution in [0.3, 0.4) is 0 Å². The summed E-state index contributed by atoms with van der Waals surface area (Å²) in [7, 11) is 0. The topological polar surface area (TPSA) is 62.2 Å². The molecule has 6 nitrogen and oxygen atoms in total. The minimum absolute atomic E-state index is 0.0304. The highest BCUT2D eigenvalue weighted by Gasteiger charge is 2.14. The maximum atomic E-state index is 12.4. The van der Waals surface area contributed by atoms with Gasteiger partial charge in [-0.05, 0) is 25.5 Å². The molecule has 2 heterocycles. The largest absolute Gasteiger partial charge is 0.352 e. The van der Waals surface area contributed by atoms with Gasteiger partial charge in [-0.3, -0.25) is 9.48 Å². The highest BCUT2D eigenvalue weighted by Crippen LogP contribution is 2.10. The summed E-state index contributed by atoms with van der Waals surface area (Å²) in [5.74, 6) is -0.0304. The van der Waals surface area contributed by atoms with E-state index >= 15 is 0 Å². The second-order valence-electron chi connectivity index (χ2n) is 6.49. The molecule has 25 heavy (non-hydrogen) atoms. The van der Waals surface area contributed by atoms with Crippen molar-refractivity contribution in [3.63, 3.8) is 0 Å². The number of aromatic nitrogens is 2. The van der Waals surface area contributed by atoms with Crippen LogP contribution >= 0.6 is 0 Å². The van der Waals surface area contributed by atoms with E-state index in [-0.39, 0.29) is 5.91 Å². The van der Waals surface area contributed by atoms with Crippen LogP contribution in [0.4, 0.5) is 0 Å². The number of hydrogen-bond acceptors (Lipinski definition) is 4. The fourth-order valence-corrected chi connectivity index (χ4v) is 3.12. The lowest BCUT2D eigenvalue weighted by atomic mass is 10.2. The van der Waals surface area contributed by atoms with Gasteiger partial charge in [-0.2, -0.15) is 5.10 Å². The van der Waals surface area contributed by atoms with Crippen LogP contribution in [0.2, 0.25) is 0 Å². The first-order valence-corrected chi connectivity index (χ1v) is 9.01. The van der Waals surface area contributed by atoms with E-state index in [1.807, 2.05) is 29.8 Å². The Morgan fingerprint density at radius 3 is 2.76 bits per heavy atom. The van der Waals surface area contributed by atoms with E-state index in [9.17, 15) is 4.79 Å². The zero-order chi connectivity index (χ0) is 17.5. The van der Waals surface area contributed by atoms with E-state index in [2.05, 4.69) is 32.8 Å². The van der Waals surface area contributed by atoms with Gasteiger partial charge >= 0.3 is 0 Å². The molecule has 134 valence electrons. The van der Waals surface area contributed by atoms with Gasteiger partial charge in [0.15, 0.2) is 0 Å². The van der Waals surface area contributed by atoms with Crippen LogP contribution in [0.15, 0.2) is 36.5 Å². The number of carbonyl (C=O) groups excluding carboxylic acids is 1. The second-order valence-corrected chi connectivity index (χ2v) is 6.49. The molecule has 0 bridgehead atoms. The molecule has 2 aromatic rings. The Morgan fingerprint density at radius 2 is 2.00 bits per heavy atom. The van der Waals surface area contributed by atoms with Gasteiger partial charge < -0.3 is 15.5 Å². The summed E-state index contributed by atoms with van der Waals surface area (Å²) in [4.78, 5) is 14.8. The van der Waals surface area contributed by atoms with Crippen molar-refractivity contribution in [2.45, 2.75) is 19.9 Å². The quantitative estimate of drug-likeness (QED) is 0.745. The fraction of sp³-hybridized carbons (Fsp3) is 0.474. The Morgan fingerprint density at radius 1 is 1.24 bits per heavy atom. The Labute approximate surface area is 149 Å². The number of rotatable bonds is 7. The summed E-state index contributed by atoms with van der Waals surface area (Å²) in [6, 6.07) is 10.2. The SMILES string of the molecule is Cc1c(C(=O)NCCCN2CCNCC2)cnn1Cc1ccccc1. The van der Waals surface area contributed by atoms with Crippen LogP contribution in [0.25, 0.3) is 0 Å². The molecule has 1 aliphatic heterocycles. The van der Waals surface area contributed by atoms with Gasteiger partial charge in [0.2, 0.25) is 0 Å². The van der Waals surface area contributed by atoms with E-state index in [4.69, 9.17) is 0 Å². The second kappa shape index (κ2) is 8.78. The maximum absolute atomic E-state index is 12.4. The van der Waals surface area contributed by atoms with Crippen LogP contribution in [0.1, 0.15) is 28.0 Å². The van der Waals surface area contributed by atoms with Crippen molar-refractivity contribution in [3.05, 3.63) is 53.3 Å². The first-order valence-electron chi connectivity index (χ1n) is 9.01. The minimum atomic E-state index is -0.0304. The van der Waals surface area contributed by atoms with Crippen molar-refractivity contribution < 1.29 is 4.79 Å². The van der Waals surface area contributed by atoms with Crippen molar-refractivity contribution >= 4 is 5.91 Å². The number of benzene rings is 1. The molecule has 1 amide bonds. The van der Waals surface area contributed by atoms with Gasteiger partial charge in [0.1, 0.15) is 0 Å². The molecule has 0 radical (unpaired) electrons. The predicted octanol–water partition coefficient (Wildman–Crippen LogP) is 1.26. The first-order chi connectivity index (χ1) is 12.2. The average molecular weight is 341 g/mol. The minimum Gasteiger partial charge on any atom is -0.352 e. The lowest BCUT2D eigenvalue weighted by molar-refractivity contribution is 0.0950. The lowest BCUT2D eigenvalue weighted by Gasteiger charge is -2.27. The third-order valence-corrected chi connectivity index (χ3v) is 4.67. The van der Waals surface area contributed by atoms with Crippen LogP contribution in [-0.4, -0.2) is 59.9 Å². The van der Waals surface area contributed by atoms with E-state index in [1.54, 1.807) is 6.20 Å². The van der Waals surface area contributed by atoms with Crippen molar-refractivity contribution in [1.82, 2.24) is 25.3 Å². The van der Waals surface area contributed by atoms with Crippen LogP contribution in [0.5, 0.6) is 0 Å². The molecular formula is C19H27N5O. The molecule has 0 unspecified atom stereocenters. The van der Waals surface area contributed by atoms with Crippen LogP contribution < -0.4 is 10.6 Å². The number of piperazine rings is 1. The smallest absolute Gasteiger partial charge is 0.254 e. The summed E-state index contributed by atoms with van der Waals surface area (Å²) in [5, 5.41) is 10.7. The van der Waals surface area contributed by atoms with Gasteiger partial charge in [0.25, 0.3) is 5.91 Å². The van der Waals surface area contributed by atoms with Crippen molar-refractivity contribution in [3.8, 4) is 0 Å². The number of hydrogen-bond donors (Lipinski definition) is 2. The molecule has 0 spiro atoms. The third-order valence-electron chi connectivity index (χ3n) is 4.67. The molecule has 1 aliphatic rings. The Bertz CT molecular complexity index is 676. The molecule has 0 aliphatic carbocycles. The molecule has 2 N–H and O–H groups in total. The van der Waals surface area contributed by atoms with Gasteiger partial charge in [-0.15, -0.1) is 0 Å². The van der Waals surface area contributed by atoms with Crippen molar-refractivity contribution in [2.24, 2.45) is 0 Å². The summed E-state index contributed by atoms with van der Waals surface area (Å²) in [6.45, 7) is 8.69. The summed E-state index contributed by atoms with van der Waals surface area (Å²) < 4.78 is 1.88. The average Bonchev–Trinajstić information content (AvgIpc) is 3.01. The lowest BCUT2D eigenvalue weighted by Crippen LogP contribution is -2.44. The molecule has 3 rings (SSSR count). The Kier molecular flexibility index (Phi) is 6.19. The third kappa shape index (κ3) is 4.90. The number of amides is 1. The zero-order valence-electron chi connectivity index (χ0n) is 14.9. The molecule has 0 atom stereocenters. The fourth-order valence-electron chi connectivity index (χ4n) is 3.12. The zero-order valence-corrected chi connectivity index (χ0v) is 14.9. The Balaban J connectivity index is 1.47. The predicted molar refractivity (Wildman–Crippen MR) is 98.8 cm³/mol. The van der Waals surface area contributed by atoms with E-state index in [1.165, 1.54) is 5.56 Å². The highest BCUT2D eigenvalue weighted by atomic mass is 16.1. The van der Waals surface area contributed by atoms with E-state index in [0.717, 1.165) is 44.8 Å². The number of carbonyl (C=O) groups is 1. The monoisotopic (exact) mass is 341 g/mol. The normalized spacial score (nSPS) is 15.2. The van der Waals surface area contributed by atoms with E-state index in [0.29, 0.717) is 18.7 Å². The number of nitrogens with zero attached hydrogens (tertiary/aromatic N) is 3. The maximum Gasteiger partial charge on any atom is 0.254 e. The first kappa shape index (κ1) is 17.6. The molecule has 1 aromatic carbocycles. The van der Waals surface area contributed by atoms with Crippen LogP contribution in [0, 0.1) is 6.92 Å². The molecule has 1 aromatic heterocycles. The summed E-state index contributed by atoms with van der Waals surface area (Å²) >= 11 is 0. The molecule has 1 saturated heterocycles. The molecule has 1 fully saturated rings. The summed E-state index contributed by atoms with van der Waals surface area (Å²) in [5.41, 5.74) is 2.75. The molecule has 6 heteroatoms. The van der Waals surface area contributed by atoms with Crippen molar-refractivity contribution in [2.75, 3.05) is 39.3 Å². The number of nitrogens with one attached hydrogen (secondary N) is 2. The van der Waals surface area contributed by atoms with Crippen LogP contribution in [-0.2, 0) is 6.54 Å². The standard InChI is InChI=1S/C19H27N5O/c1-16-18(14-22-24(16)15-17-6-3-2-4-7-17)19(25)21-8-5-11-23-12-9-20-10-13-23/h2-4,6-7,14,20H,5,8-13,15H2,1H3,(H,21,25). The van der Waals surface area contributed by atoms with E-state index < -0.39 is 0 Å². The Hall–Kier alpha value is -2.18. The molecular weight excluding hydrogens is 314 g/mol. The summed E-state index contributed by atoms with van der Waals surface area (Å²) in [6.07, 6.45) is 2.65. The van der Waals surface area contributed by atoms with Gasteiger partial charge in [-0.25, -0.2) is 0 Å². The van der Waals surface area contributed by atoms with Gasteiger partial charge in [-0.1, -0.05) is 30.3 Å². The highest BCUT2D eigenvalue weighted by molar-refractivity contribution is 5.95. The van der Waals surface area contributed by atoms with Crippen molar-refractivity contribution in [1.29, 1.82) is 0 Å². The van der Waals surface area contributed by atoms with Gasteiger partial charge in [0.05, 0.1) is 18.3 Å².